The van der Waals surface area contributed by atoms with Crippen molar-refractivity contribution in [3.05, 3.63) is 33.8 Å². The molecule has 2 aliphatic carbocycles. The second-order valence-corrected chi connectivity index (χ2v) is 6.21. The number of hydrogen-bond acceptors (Lipinski definition) is 1. The summed E-state index contributed by atoms with van der Waals surface area (Å²) in [6.45, 7) is 0. The lowest BCUT2D eigenvalue weighted by Crippen LogP contribution is -2.27. The molecule has 1 unspecified atom stereocenters. The summed E-state index contributed by atoms with van der Waals surface area (Å²) in [7, 11) is 0. The SMILES string of the molecule is NC1CC2(CCCCC2)c2c(Br)cccc21. The first-order chi connectivity index (χ1) is 7.73. The van der Waals surface area contributed by atoms with Crippen LogP contribution >= 0.6 is 15.9 Å². The minimum absolute atomic E-state index is 0.255. The van der Waals surface area contributed by atoms with Gasteiger partial charge in [0.15, 0.2) is 0 Å². The molecule has 1 saturated carbocycles. The molecule has 0 bridgehead atoms. The zero-order chi connectivity index (χ0) is 11.2. The van der Waals surface area contributed by atoms with Gasteiger partial charge in [0.05, 0.1) is 0 Å². The van der Waals surface area contributed by atoms with Crippen molar-refractivity contribution in [3.8, 4) is 0 Å². The molecule has 2 N–H and O–H groups in total. The minimum Gasteiger partial charge on any atom is -0.324 e. The predicted octanol–water partition coefficient (Wildman–Crippen LogP) is 4.05. The van der Waals surface area contributed by atoms with Crippen molar-refractivity contribution in [1.29, 1.82) is 0 Å². The predicted molar refractivity (Wildman–Crippen MR) is 70.5 cm³/mol. The molecule has 1 spiro atoms. The van der Waals surface area contributed by atoms with E-state index in [-0.39, 0.29) is 6.04 Å². The molecule has 1 fully saturated rings. The summed E-state index contributed by atoms with van der Waals surface area (Å²) >= 11 is 3.73. The van der Waals surface area contributed by atoms with Gasteiger partial charge in [-0.05, 0) is 41.9 Å². The fourth-order valence-electron chi connectivity index (χ4n) is 3.72. The van der Waals surface area contributed by atoms with Crippen LogP contribution < -0.4 is 5.73 Å². The standard InChI is InChI=1S/C14H18BrN/c15-11-6-4-5-10-12(16)9-14(13(10)11)7-2-1-3-8-14/h4-6,12H,1-3,7-9,16H2. The maximum Gasteiger partial charge on any atom is 0.0306 e. The van der Waals surface area contributed by atoms with Gasteiger partial charge < -0.3 is 5.73 Å². The summed E-state index contributed by atoms with van der Waals surface area (Å²) in [6, 6.07) is 6.76. The van der Waals surface area contributed by atoms with Crippen LogP contribution in [0.4, 0.5) is 0 Å². The maximum atomic E-state index is 6.30. The molecule has 3 rings (SSSR count). The van der Waals surface area contributed by atoms with Gasteiger partial charge in [-0.3, -0.25) is 0 Å². The summed E-state index contributed by atoms with van der Waals surface area (Å²) < 4.78 is 1.28. The topological polar surface area (TPSA) is 26.0 Å². The second kappa shape index (κ2) is 3.85. The van der Waals surface area contributed by atoms with Gasteiger partial charge in [0.1, 0.15) is 0 Å². The second-order valence-electron chi connectivity index (χ2n) is 5.36. The summed E-state index contributed by atoms with van der Waals surface area (Å²) in [4.78, 5) is 0. The van der Waals surface area contributed by atoms with Gasteiger partial charge in [-0.15, -0.1) is 0 Å². The van der Waals surface area contributed by atoms with E-state index >= 15 is 0 Å². The molecule has 2 heteroatoms. The van der Waals surface area contributed by atoms with Gasteiger partial charge in [0.2, 0.25) is 0 Å². The minimum atomic E-state index is 0.255. The lowest BCUT2D eigenvalue weighted by atomic mass is 9.70. The maximum absolute atomic E-state index is 6.30. The quantitative estimate of drug-likeness (QED) is 0.762. The van der Waals surface area contributed by atoms with Crippen molar-refractivity contribution >= 4 is 15.9 Å². The number of fused-ring (bicyclic) bond motifs is 2. The zero-order valence-corrected chi connectivity index (χ0v) is 11.1. The fraction of sp³-hybridized carbons (Fsp3) is 0.571. The molecule has 0 aliphatic heterocycles. The lowest BCUT2D eigenvalue weighted by Gasteiger charge is -2.35. The number of benzene rings is 1. The first-order valence-electron chi connectivity index (χ1n) is 6.27. The van der Waals surface area contributed by atoms with E-state index in [1.165, 1.54) is 47.7 Å². The normalized spacial score (nSPS) is 27.0. The first kappa shape index (κ1) is 10.8. The fourth-order valence-corrected chi connectivity index (χ4v) is 4.53. The van der Waals surface area contributed by atoms with Gasteiger partial charge >= 0.3 is 0 Å². The van der Waals surface area contributed by atoms with E-state index < -0.39 is 0 Å². The highest BCUT2D eigenvalue weighted by Gasteiger charge is 2.43. The Morgan fingerprint density at radius 2 is 1.94 bits per heavy atom. The monoisotopic (exact) mass is 279 g/mol. The zero-order valence-electron chi connectivity index (χ0n) is 9.51. The molecule has 16 heavy (non-hydrogen) atoms. The molecular formula is C14H18BrN. The molecule has 0 amide bonds. The van der Waals surface area contributed by atoms with Crippen molar-refractivity contribution in [2.24, 2.45) is 5.73 Å². The molecule has 0 heterocycles. The van der Waals surface area contributed by atoms with Crippen LogP contribution in [0.25, 0.3) is 0 Å². The molecule has 1 nitrogen and oxygen atoms in total. The summed E-state index contributed by atoms with van der Waals surface area (Å²) in [5, 5.41) is 0. The molecule has 1 aromatic rings. The van der Waals surface area contributed by atoms with Crippen molar-refractivity contribution < 1.29 is 0 Å². The van der Waals surface area contributed by atoms with Crippen LogP contribution in [0.3, 0.4) is 0 Å². The summed E-state index contributed by atoms with van der Waals surface area (Å²) in [5.74, 6) is 0. The Bertz CT molecular complexity index is 407. The molecular weight excluding hydrogens is 262 g/mol. The highest BCUT2D eigenvalue weighted by atomic mass is 79.9. The summed E-state index contributed by atoms with van der Waals surface area (Å²) in [6.07, 6.45) is 7.95. The number of halogens is 1. The van der Waals surface area contributed by atoms with Crippen LogP contribution in [-0.4, -0.2) is 0 Å². The van der Waals surface area contributed by atoms with E-state index in [0.29, 0.717) is 5.41 Å². The molecule has 2 aliphatic rings. The van der Waals surface area contributed by atoms with Crippen molar-refractivity contribution in [1.82, 2.24) is 0 Å². The van der Waals surface area contributed by atoms with E-state index in [0.717, 1.165) is 6.42 Å². The number of nitrogens with two attached hydrogens (primary N) is 1. The smallest absolute Gasteiger partial charge is 0.0306 e. The van der Waals surface area contributed by atoms with Crippen LogP contribution in [-0.2, 0) is 5.41 Å². The van der Waals surface area contributed by atoms with Gasteiger partial charge in [-0.25, -0.2) is 0 Å². The van der Waals surface area contributed by atoms with Gasteiger partial charge in [0.25, 0.3) is 0 Å². The van der Waals surface area contributed by atoms with Gasteiger partial charge in [-0.2, -0.15) is 0 Å². The van der Waals surface area contributed by atoms with E-state index in [4.69, 9.17) is 5.73 Å². The van der Waals surface area contributed by atoms with E-state index in [9.17, 15) is 0 Å². The van der Waals surface area contributed by atoms with Gasteiger partial charge in [0, 0.05) is 10.5 Å². The summed E-state index contributed by atoms with van der Waals surface area (Å²) in [5.41, 5.74) is 9.61. The van der Waals surface area contributed by atoms with E-state index in [1.807, 2.05) is 0 Å². The largest absolute Gasteiger partial charge is 0.324 e. The Hall–Kier alpha value is -0.340. The molecule has 0 radical (unpaired) electrons. The highest BCUT2D eigenvalue weighted by Crippen LogP contribution is 2.54. The van der Waals surface area contributed by atoms with E-state index in [2.05, 4.69) is 34.1 Å². The molecule has 1 atom stereocenters. The van der Waals surface area contributed by atoms with Crippen LogP contribution in [0.5, 0.6) is 0 Å². The van der Waals surface area contributed by atoms with Crippen molar-refractivity contribution in [2.45, 2.75) is 50.0 Å². The van der Waals surface area contributed by atoms with Crippen LogP contribution in [0.15, 0.2) is 22.7 Å². The highest BCUT2D eigenvalue weighted by molar-refractivity contribution is 9.10. The van der Waals surface area contributed by atoms with Crippen LogP contribution in [0, 0.1) is 0 Å². The van der Waals surface area contributed by atoms with Crippen molar-refractivity contribution in [3.63, 3.8) is 0 Å². The average Bonchev–Trinajstić information content (AvgIpc) is 2.55. The van der Waals surface area contributed by atoms with Crippen molar-refractivity contribution in [2.75, 3.05) is 0 Å². The first-order valence-corrected chi connectivity index (χ1v) is 7.07. The van der Waals surface area contributed by atoms with Gasteiger partial charge in [-0.1, -0.05) is 47.3 Å². The average molecular weight is 280 g/mol. The molecule has 0 aromatic heterocycles. The third-order valence-electron chi connectivity index (χ3n) is 4.40. The van der Waals surface area contributed by atoms with Crippen LogP contribution in [0.1, 0.15) is 55.7 Å². The number of hydrogen-bond donors (Lipinski definition) is 1. The van der Waals surface area contributed by atoms with E-state index in [1.54, 1.807) is 0 Å². The Morgan fingerprint density at radius 3 is 2.69 bits per heavy atom. The third kappa shape index (κ3) is 1.46. The Balaban J connectivity index is 2.13. The lowest BCUT2D eigenvalue weighted by molar-refractivity contribution is 0.280. The Kier molecular flexibility index (Phi) is 2.60. The molecule has 86 valence electrons. The Labute approximate surface area is 106 Å². The third-order valence-corrected chi connectivity index (χ3v) is 5.06. The molecule has 1 aromatic carbocycles. The Morgan fingerprint density at radius 1 is 1.19 bits per heavy atom. The van der Waals surface area contributed by atoms with Crippen LogP contribution in [0.2, 0.25) is 0 Å². The number of rotatable bonds is 0. The molecule has 0 saturated heterocycles.